The SMILES string of the molecule is CC(C)(C)c1cc(C(CC(=O)NCC[N+](C)(CCO)CCO)n2nc3ccccc3n2)ccc1O. The fraction of sp³-hybridized carbons (Fsp3) is 0.500. The van der Waals surface area contributed by atoms with Crippen LogP contribution in [0.3, 0.4) is 0 Å². The third kappa shape index (κ3) is 6.78. The number of aliphatic hydroxyl groups excluding tert-OH is 2. The van der Waals surface area contributed by atoms with Crippen LogP contribution in [-0.4, -0.2) is 87.1 Å². The van der Waals surface area contributed by atoms with Gasteiger partial charge in [-0.15, -0.1) is 0 Å². The summed E-state index contributed by atoms with van der Waals surface area (Å²) in [6.45, 7) is 8.14. The molecule has 0 aliphatic rings. The topological polar surface area (TPSA) is 121 Å². The lowest BCUT2D eigenvalue weighted by Crippen LogP contribution is -2.51. The molecule has 1 unspecified atom stereocenters. The second-order valence-corrected chi connectivity index (χ2v) is 10.3. The Morgan fingerprint density at radius 3 is 2.17 bits per heavy atom. The van der Waals surface area contributed by atoms with E-state index in [2.05, 4.69) is 15.5 Å². The first-order valence-electron chi connectivity index (χ1n) is 12.0. The summed E-state index contributed by atoms with van der Waals surface area (Å²) in [4.78, 5) is 14.6. The number of phenols is 1. The third-order valence-corrected chi connectivity index (χ3v) is 6.43. The molecule has 1 heterocycles. The smallest absolute Gasteiger partial charge is 0.222 e. The molecule has 0 radical (unpaired) electrons. The monoisotopic (exact) mass is 484 g/mol. The molecule has 0 aliphatic heterocycles. The molecule has 0 saturated carbocycles. The van der Waals surface area contributed by atoms with E-state index in [9.17, 15) is 20.1 Å². The highest BCUT2D eigenvalue weighted by atomic mass is 16.3. The minimum absolute atomic E-state index is 0.0159. The maximum atomic E-state index is 13.0. The van der Waals surface area contributed by atoms with Crippen LogP contribution in [-0.2, 0) is 10.2 Å². The highest BCUT2D eigenvalue weighted by molar-refractivity contribution is 5.77. The van der Waals surface area contributed by atoms with Crippen LogP contribution in [0.4, 0.5) is 0 Å². The predicted octanol–water partition coefficient (Wildman–Crippen LogP) is 1.96. The molecular weight excluding hydrogens is 446 g/mol. The number of quaternary nitrogens is 1. The Morgan fingerprint density at radius 2 is 1.63 bits per heavy atom. The minimum Gasteiger partial charge on any atom is -0.508 e. The number of aliphatic hydroxyl groups is 2. The highest BCUT2D eigenvalue weighted by Gasteiger charge is 2.26. The summed E-state index contributed by atoms with van der Waals surface area (Å²) in [5.41, 5.74) is 2.84. The number of benzene rings is 2. The molecule has 0 fully saturated rings. The van der Waals surface area contributed by atoms with E-state index < -0.39 is 6.04 Å². The average molecular weight is 485 g/mol. The number of phenolic OH excluding ortho intramolecular Hbond substituents is 1. The van der Waals surface area contributed by atoms with Gasteiger partial charge in [0.2, 0.25) is 5.91 Å². The van der Waals surface area contributed by atoms with Crippen LogP contribution < -0.4 is 5.32 Å². The van der Waals surface area contributed by atoms with Crippen LogP contribution in [0, 0.1) is 0 Å². The van der Waals surface area contributed by atoms with Crippen molar-refractivity contribution >= 4 is 16.9 Å². The van der Waals surface area contributed by atoms with Gasteiger partial charge in [-0.05, 0) is 40.8 Å². The number of nitrogens with one attached hydrogen (secondary N) is 1. The Kier molecular flexibility index (Phi) is 8.47. The van der Waals surface area contributed by atoms with Gasteiger partial charge >= 0.3 is 0 Å². The van der Waals surface area contributed by atoms with Crippen LogP contribution in [0.5, 0.6) is 5.75 Å². The molecule has 0 aliphatic carbocycles. The maximum Gasteiger partial charge on any atom is 0.222 e. The quantitative estimate of drug-likeness (QED) is 0.309. The van der Waals surface area contributed by atoms with Gasteiger partial charge in [-0.1, -0.05) is 39.0 Å². The van der Waals surface area contributed by atoms with Crippen molar-refractivity contribution in [2.75, 3.05) is 46.4 Å². The Hall–Kier alpha value is -3.01. The van der Waals surface area contributed by atoms with Crippen molar-refractivity contribution in [3.8, 4) is 5.75 Å². The van der Waals surface area contributed by atoms with Gasteiger partial charge in [-0.3, -0.25) is 4.79 Å². The number of fused-ring (bicyclic) bond motifs is 1. The highest BCUT2D eigenvalue weighted by Crippen LogP contribution is 2.34. The van der Waals surface area contributed by atoms with E-state index >= 15 is 0 Å². The zero-order valence-electron chi connectivity index (χ0n) is 21.1. The molecule has 0 saturated heterocycles. The van der Waals surface area contributed by atoms with E-state index in [0.717, 1.165) is 22.2 Å². The fourth-order valence-electron chi connectivity index (χ4n) is 4.24. The molecule has 3 aromatic rings. The van der Waals surface area contributed by atoms with Gasteiger partial charge in [-0.2, -0.15) is 15.0 Å². The third-order valence-electron chi connectivity index (χ3n) is 6.43. The normalized spacial score (nSPS) is 13.2. The average Bonchev–Trinajstić information content (AvgIpc) is 3.21. The van der Waals surface area contributed by atoms with E-state index in [1.165, 1.54) is 0 Å². The minimum atomic E-state index is -0.458. The summed E-state index contributed by atoms with van der Waals surface area (Å²) in [6.07, 6.45) is 0.124. The molecule has 0 bridgehead atoms. The first kappa shape index (κ1) is 26.6. The Bertz CT molecular complexity index is 1100. The molecule has 2 aromatic carbocycles. The lowest BCUT2D eigenvalue weighted by molar-refractivity contribution is -0.908. The zero-order valence-corrected chi connectivity index (χ0v) is 21.1. The van der Waals surface area contributed by atoms with Crippen molar-refractivity contribution in [1.29, 1.82) is 0 Å². The number of hydrogen-bond acceptors (Lipinski definition) is 6. The molecule has 190 valence electrons. The Labute approximate surface area is 206 Å². The van der Waals surface area contributed by atoms with E-state index in [1.54, 1.807) is 10.9 Å². The lowest BCUT2D eigenvalue weighted by atomic mass is 9.84. The second kappa shape index (κ2) is 11.2. The van der Waals surface area contributed by atoms with Crippen molar-refractivity contribution in [1.82, 2.24) is 20.3 Å². The Balaban J connectivity index is 1.85. The van der Waals surface area contributed by atoms with Gasteiger partial charge in [-0.25, -0.2) is 0 Å². The predicted molar refractivity (Wildman–Crippen MR) is 135 cm³/mol. The summed E-state index contributed by atoms with van der Waals surface area (Å²) in [6, 6.07) is 12.5. The van der Waals surface area contributed by atoms with Crippen LogP contribution >= 0.6 is 0 Å². The van der Waals surface area contributed by atoms with E-state index in [0.29, 0.717) is 30.7 Å². The molecule has 35 heavy (non-hydrogen) atoms. The molecule has 4 N–H and O–H groups in total. The van der Waals surface area contributed by atoms with Crippen molar-refractivity contribution in [2.45, 2.75) is 38.6 Å². The number of hydrogen-bond donors (Lipinski definition) is 4. The van der Waals surface area contributed by atoms with Gasteiger partial charge in [0.25, 0.3) is 0 Å². The number of amides is 1. The number of carbonyl (C=O) groups is 1. The van der Waals surface area contributed by atoms with Crippen LogP contribution in [0.15, 0.2) is 42.5 Å². The summed E-state index contributed by atoms with van der Waals surface area (Å²) in [5, 5.41) is 41.4. The first-order valence-corrected chi connectivity index (χ1v) is 12.0. The molecule has 9 heteroatoms. The number of nitrogens with zero attached hydrogens (tertiary/aromatic N) is 4. The van der Waals surface area contributed by atoms with Crippen molar-refractivity contribution < 1.29 is 24.6 Å². The van der Waals surface area contributed by atoms with Gasteiger partial charge in [0.05, 0.1) is 39.8 Å². The summed E-state index contributed by atoms with van der Waals surface area (Å²) < 4.78 is 0.468. The van der Waals surface area contributed by atoms with Crippen LogP contribution in [0.2, 0.25) is 0 Å². The number of likely N-dealkylation sites (N-methyl/N-ethyl adjacent to an activating group) is 1. The van der Waals surface area contributed by atoms with E-state index in [1.807, 2.05) is 64.2 Å². The van der Waals surface area contributed by atoms with Gasteiger partial charge in [0, 0.05) is 0 Å². The van der Waals surface area contributed by atoms with Crippen LogP contribution in [0.25, 0.3) is 11.0 Å². The fourth-order valence-corrected chi connectivity index (χ4v) is 4.24. The van der Waals surface area contributed by atoms with Crippen molar-refractivity contribution in [3.05, 3.63) is 53.6 Å². The summed E-state index contributed by atoms with van der Waals surface area (Å²) in [5.74, 6) is 0.0640. The van der Waals surface area contributed by atoms with Crippen molar-refractivity contribution in [2.24, 2.45) is 0 Å². The second-order valence-electron chi connectivity index (χ2n) is 10.3. The number of carbonyl (C=O) groups excluding carboxylic acids is 1. The molecule has 1 amide bonds. The molecule has 0 spiro atoms. The van der Waals surface area contributed by atoms with Gasteiger partial charge in [0.15, 0.2) is 0 Å². The number of rotatable bonds is 11. The van der Waals surface area contributed by atoms with Gasteiger partial charge in [0.1, 0.15) is 35.9 Å². The summed E-state index contributed by atoms with van der Waals surface area (Å²) in [7, 11) is 1.95. The Morgan fingerprint density at radius 1 is 1.03 bits per heavy atom. The van der Waals surface area contributed by atoms with E-state index in [-0.39, 0.29) is 36.7 Å². The first-order chi connectivity index (χ1) is 16.6. The summed E-state index contributed by atoms with van der Waals surface area (Å²) >= 11 is 0. The number of aromatic hydroxyl groups is 1. The molecular formula is C26H38N5O4+. The largest absolute Gasteiger partial charge is 0.508 e. The zero-order chi connectivity index (χ0) is 25.6. The number of aromatic nitrogens is 3. The van der Waals surface area contributed by atoms with E-state index in [4.69, 9.17) is 0 Å². The van der Waals surface area contributed by atoms with Crippen molar-refractivity contribution in [3.63, 3.8) is 0 Å². The van der Waals surface area contributed by atoms with Crippen LogP contribution in [0.1, 0.15) is 44.4 Å². The maximum absolute atomic E-state index is 13.0. The molecule has 9 nitrogen and oxygen atoms in total. The molecule has 3 rings (SSSR count). The van der Waals surface area contributed by atoms with Gasteiger partial charge < -0.3 is 25.1 Å². The molecule has 1 atom stereocenters. The standard InChI is InChI=1S/C26H37N5O4/c1-26(2,3)20-17-19(9-10-24(20)34)23(30-28-21-7-5-6-8-22(21)29-30)18-25(35)27-11-12-31(4,13-15-32)14-16-33/h5-10,17,23,32-33H,11-16,18H2,1-4H3,(H-,27,34,35)/p+1. The lowest BCUT2D eigenvalue weighted by Gasteiger charge is -2.33. The molecule has 1 aromatic heterocycles.